The molecule has 0 bridgehead atoms. The number of hydrogen-bond donors (Lipinski definition) is 2. The molecule has 0 aromatic rings. The van der Waals surface area contributed by atoms with E-state index in [0.717, 1.165) is 12.8 Å². The monoisotopic (exact) mass is 247 g/mol. The van der Waals surface area contributed by atoms with Crippen LogP contribution in [0.25, 0.3) is 0 Å². The zero-order chi connectivity index (χ0) is 13.1. The van der Waals surface area contributed by atoms with Crippen molar-refractivity contribution in [2.24, 2.45) is 0 Å². The Morgan fingerprint density at radius 3 is 2.47 bits per heavy atom. The van der Waals surface area contributed by atoms with Crippen molar-refractivity contribution in [3.8, 4) is 0 Å². The predicted molar refractivity (Wildman–Crippen MR) is 65.9 cm³/mol. The lowest BCUT2D eigenvalue weighted by Crippen LogP contribution is -2.40. The first-order valence-corrected chi connectivity index (χ1v) is 6.24. The van der Waals surface area contributed by atoms with E-state index in [0.29, 0.717) is 26.3 Å². The van der Waals surface area contributed by atoms with Crippen LogP contribution in [0.1, 0.15) is 33.6 Å². The highest BCUT2D eigenvalue weighted by Gasteiger charge is 2.20. The standard InChI is InChI=1S/C12H25NO4/c1-4-12(15,5-2)10-13-7-8-16-9-11(14)17-6-3/h13,15H,4-10H2,1-3H3. The van der Waals surface area contributed by atoms with Gasteiger partial charge in [-0.05, 0) is 19.8 Å². The van der Waals surface area contributed by atoms with Gasteiger partial charge in [-0.3, -0.25) is 0 Å². The SMILES string of the molecule is CCOC(=O)COCCNCC(O)(CC)CC. The molecule has 0 rings (SSSR count). The van der Waals surface area contributed by atoms with E-state index >= 15 is 0 Å². The van der Waals surface area contributed by atoms with E-state index in [1.165, 1.54) is 0 Å². The first kappa shape index (κ1) is 16.4. The van der Waals surface area contributed by atoms with E-state index in [9.17, 15) is 9.90 Å². The lowest BCUT2D eigenvalue weighted by atomic mass is 9.98. The molecular weight excluding hydrogens is 222 g/mol. The summed E-state index contributed by atoms with van der Waals surface area (Å²) in [6.07, 6.45) is 1.44. The molecule has 0 fully saturated rings. The van der Waals surface area contributed by atoms with Crippen LogP contribution in [0.15, 0.2) is 0 Å². The summed E-state index contributed by atoms with van der Waals surface area (Å²) in [5, 5.41) is 13.1. The molecule has 0 amide bonds. The lowest BCUT2D eigenvalue weighted by Gasteiger charge is -2.25. The van der Waals surface area contributed by atoms with Crippen LogP contribution >= 0.6 is 0 Å². The van der Waals surface area contributed by atoms with E-state index in [2.05, 4.69) is 5.32 Å². The summed E-state index contributed by atoms with van der Waals surface area (Å²) in [7, 11) is 0. The van der Waals surface area contributed by atoms with E-state index in [1.54, 1.807) is 6.92 Å². The number of carbonyl (C=O) groups excluding carboxylic acids is 1. The van der Waals surface area contributed by atoms with Gasteiger partial charge in [-0.1, -0.05) is 13.8 Å². The lowest BCUT2D eigenvalue weighted by molar-refractivity contribution is -0.148. The van der Waals surface area contributed by atoms with E-state index in [4.69, 9.17) is 9.47 Å². The van der Waals surface area contributed by atoms with Crippen molar-refractivity contribution in [1.82, 2.24) is 5.32 Å². The molecule has 5 nitrogen and oxygen atoms in total. The van der Waals surface area contributed by atoms with Crippen LogP contribution < -0.4 is 5.32 Å². The highest BCUT2D eigenvalue weighted by molar-refractivity contribution is 5.70. The van der Waals surface area contributed by atoms with Gasteiger partial charge in [-0.25, -0.2) is 4.79 Å². The second-order valence-electron chi connectivity index (χ2n) is 3.97. The number of hydrogen-bond acceptors (Lipinski definition) is 5. The molecule has 0 aliphatic rings. The van der Waals surface area contributed by atoms with Crippen LogP contribution in [0.5, 0.6) is 0 Å². The average Bonchev–Trinajstić information content (AvgIpc) is 2.33. The molecule has 0 unspecified atom stereocenters. The van der Waals surface area contributed by atoms with Gasteiger partial charge in [-0.15, -0.1) is 0 Å². The van der Waals surface area contributed by atoms with Crippen molar-refractivity contribution in [3.05, 3.63) is 0 Å². The fourth-order valence-electron chi connectivity index (χ4n) is 1.32. The van der Waals surface area contributed by atoms with Crippen LogP contribution in [-0.4, -0.2) is 49.6 Å². The van der Waals surface area contributed by atoms with Gasteiger partial charge in [-0.2, -0.15) is 0 Å². The van der Waals surface area contributed by atoms with Gasteiger partial charge in [0.2, 0.25) is 0 Å². The minimum Gasteiger partial charge on any atom is -0.464 e. The van der Waals surface area contributed by atoms with Gasteiger partial charge in [0.15, 0.2) is 0 Å². The van der Waals surface area contributed by atoms with Gasteiger partial charge < -0.3 is 19.9 Å². The van der Waals surface area contributed by atoms with Gasteiger partial charge in [0.1, 0.15) is 6.61 Å². The third kappa shape index (κ3) is 8.12. The Kier molecular flexibility index (Phi) is 9.03. The fourth-order valence-corrected chi connectivity index (χ4v) is 1.32. The largest absolute Gasteiger partial charge is 0.464 e. The third-order valence-corrected chi connectivity index (χ3v) is 2.72. The van der Waals surface area contributed by atoms with E-state index in [1.807, 2.05) is 13.8 Å². The molecule has 0 heterocycles. The minimum absolute atomic E-state index is 0.0126. The summed E-state index contributed by atoms with van der Waals surface area (Å²) in [6, 6.07) is 0. The average molecular weight is 247 g/mol. The Hall–Kier alpha value is -0.650. The van der Waals surface area contributed by atoms with Gasteiger partial charge in [0, 0.05) is 13.1 Å². The normalized spacial score (nSPS) is 11.5. The molecule has 102 valence electrons. The maximum absolute atomic E-state index is 10.9. The van der Waals surface area contributed by atoms with Crippen molar-refractivity contribution in [1.29, 1.82) is 0 Å². The highest BCUT2D eigenvalue weighted by atomic mass is 16.6. The minimum atomic E-state index is -0.638. The second-order valence-corrected chi connectivity index (χ2v) is 3.97. The maximum Gasteiger partial charge on any atom is 0.332 e. The molecule has 0 aliphatic heterocycles. The molecule has 2 N–H and O–H groups in total. The van der Waals surface area contributed by atoms with Crippen molar-refractivity contribution in [2.45, 2.75) is 39.2 Å². The molecule has 0 spiro atoms. The first-order chi connectivity index (χ1) is 8.08. The topological polar surface area (TPSA) is 67.8 Å². The van der Waals surface area contributed by atoms with Gasteiger partial charge in [0.05, 0.1) is 18.8 Å². The van der Waals surface area contributed by atoms with Gasteiger partial charge in [0.25, 0.3) is 0 Å². The molecule has 0 saturated carbocycles. The summed E-state index contributed by atoms with van der Waals surface area (Å²) >= 11 is 0. The summed E-state index contributed by atoms with van der Waals surface area (Å²) < 4.78 is 9.82. The molecule has 0 aliphatic carbocycles. The van der Waals surface area contributed by atoms with E-state index < -0.39 is 5.60 Å². The smallest absolute Gasteiger partial charge is 0.332 e. The number of ether oxygens (including phenoxy) is 2. The number of carbonyl (C=O) groups is 1. The molecule has 0 aromatic carbocycles. The highest BCUT2D eigenvalue weighted by Crippen LogP contribution is 2.12. The third-order valence-electron chi connectivity index (χ3n) is 2.72. The quantitative estimate of drug-likeness (QED) is 0.439. The summed E-state index contributed by atoms with van der Waals surface area (Å²) in [5.74, 6) is -0.342. The Bertz CT molecular complexity index is 205. The van der Waals surface area contributed by atoms with Crippen LogP contribution in [0.2, 0.25) is 0 Å². The zero-order valence-corrected chi connectivity index (χ0v) is 11.1. The maximum atomic E-state index is 10.9. The van der Waals surface area contributed by atoms with Gasteiger partial charge >= 0.3 is 5.97 Å². The zero-order valence-electron chi connectivity index (χ0n) is 11.1. The second kappa shape index (κ2) is 9.39. The Morgan fingerprint density at radius 2 is 1.94 bits per heavy atom. The van der Waals surface area contributed by atoms with Crippen molar-refractivity contribution in [2.75, 3.05) is 32.9 Å². The summed E-state index contributed by atoms with van der Waals surface area (Å²) in [5.41, 5.74) is -0.638. The first-order valence-electron chi connectivity index (χ1n) is 6.24. The number of aliphatic hydroxyl groups is 1. The molecule has 0 radical (unpaired) electrons. The summed E-state index contributed by atoms with van der Waals surface area (Å²) in [6.45, 7) is 7.63. The number of esters is 1. The Balaban J connectivity index is 3.43. The molecule has 0 aromatic heterocycles. The van der Waals surface area contributed by atoms with Crippen LogP contribution in [0.4, 0.5) is 0 Å². The van der Waals surface area contributed by atoms with E-state index in [-0.39, 0.29) is 12.6 Å². The van der Waals surface area contributed by atoms with Crippen molar-refractivity contribution < 1.29 is 19.4 Å². The van der Waals surface area contributed by atoms with Crippen molar-refractivity contribution >= 4 is 5.97 Å². The Labute approximate surface area is 103 Å². The fraction of sp³-hybridized carbons (Fsp3) is 0.917. The molecule has 0 saturated heterocycles. The number of nitrogens with one attached hydrogen (secondary N) is 1. The number of rotatable bonds is 10. The summed E-state index contributed by atoms with van der Waals surface area (Å²) in [4.78, 5) is 10.9. The molecule has 0 atom stereocenters. The molecule has 5 heteroatoms. The van der Waals surface area contributed by atoms with Crippen LogP contribution in [0, 0.1) is 0 Å². The Morgan fingerprint density at radius 1 is 1.29 bits per heavy atom. The van der Waals surface area contributed by atoms with Crippen molar-refractivity contribution in [3.63, 3.8) is 0 Å². The van der Waals surface area contributed by atoms with Crippen LogP contribution in [0.3, 0.4) is 0 Å². The molecular formula is C12H25NO4. The molecule has 17 heavy (non-hydrogen) atoms. The van der Waals surface area contributed by atoms with Crippen LogP contribution in [-0.2, 0) is 14.3 Å². The predicted octanol–water partition coefficient (Wildman–Crippen LogP) is 0.707.